The minimum Gasteiger partial charge on any atom is -0.478 e. The molecule has 5 nitrogen and oxygen atoms in total. The summed E-state index contributed by atoms with van der Waals surface area (Å²) in [5, 5.41) is 14.7. The van der Waals surface area contributed by atoms with Gasteiger partial charge in [-0.1, -0.05) is 12.1 Å². The molecule has 1 fully saturated rings. The van der Waals surface area contributed by atoms with Crippen molar-refractivity contribution in [2.45, 2.75) is 18.9 Å². The number of carbonyl (C=O) groups is 2. The molecule has 0 radical (unpaired) electrons. The number of amides is 1. The molecule has 1 aromatic rings. The zero-order chi connectivity index (χ0) is 12.3. The predicted octanol–water partition coefficient (Wildman–Crippen LogP) is 1.08. The zero-order valence-corrected chi connectivity index (χ0v) is 9.27. The molecule has 0 spiro atoms. The van der Waals surface area contributed by atoms with E-state index in [0.29, 0.717) is 5.69 Å². The SMILES string of the molecule is O=C(O)c1ccccc1NC(=O)[C@@H]1CCCN1. The third-order valence-corrected chi connectivity index (χ3v) is 2.79. The average molecular weight is 234 g/mol. The van der Waals surface area contributed by atoms with Gasteiger partial charge >= 0.3 is 5.97 Å². The highest BCUT2D eigenvalue weighted by molar-refractivity contribution is 6.02. The summed E-state index contributed by atoms with van der Waals surface area (Å²) in [7, 11) is 0. The molecule has 1 saturated heterocycles. The summed E-state index contributed by atoms with van der Waals surface area (Å²) >= 11 is 0. The van der Waals surface area contributed by atoms with Crippen LogP contribution in [0.4, 0.5) is 5.69 Å². The van der Waals surface area contributed by atoms with Gasteiger partial charge in [-0.3, -0.25) is 4.79 Å². The van der Waals surface area contributed by atoms with Crippen LogP contribution in [0.2, 0.25) is 0 Å². The molecule has 1 atom stereocenters. The Balaban J connectivity index is 2.12. The van der Waals surface area contributed by atoms with E-state index in [2.05, 4.69) is 10.6 Å². The summed E-state index contributed by atoms with van der Waals surface area (Å²) < 4.78 is 0. The molecule has 5 heteroatoms. The Hall–Kier alpha value is -1.88. The number of para-hydroxylation sites is 1. The van der Waals surface area contributed by atoms with Gasteiger partial charge in [-0.2, -0.15) is 0 Å². The summed E-state index contributed by atoms with van der Waals surface area (Å²) in [6, 6.07) is 6.18. The van der Waals surface area contributed by atoms with Gasteiger partial charge in [0.05, 0.1) is 17.3 Å². The lowest BCUT2D eigenvalue weighted by Crippen LogP contribution is -2.35. The molecule has 1 heterocycles. The number of hydrogen-bond donors (Lipinski definition) is 3. The van der Waals surface area contributed by atoms with Crippen LogP contribution in [0.3, 0.4) is 0 Å². The van der Waals surface area contributed by atoms with Crippen LogP contribution in [-0.2, 0) is 4.79 Å². The van der Waals surface area contributed by atoms with E-state index in [4.69, 9.17) is 5.11 Å². The molecule has 0 aliphatic carbocycles. The van der Waals surface area contributed by atoms with E-state index in [0.717, 1.165) is 19.4 Å². The van der Waals surface area contributed by atoms with Crippen molar-refractivity contribution in [2.24, 2.45) is 0 Å². The summed E-state index contributed by atoms with van der Waals surface area (Å²) in [4.78, 5) is 22.8. The number of carboxylic acids is 1. The topological polar surface area (TPSA) is 78.4 Å². The molecule has 17 heavy (non-hydrogen) atoms. The molecule has 1 aliphatic heterocycles. The number of carbonyl (C=O) groups excluding carboxylic acids is 1. The van der Waals surface area contributed by atoms with Crippen LogP contribution in [-0.4, -0.2) is 29.6 Å². The van der Waals surface area contributed by atoms with Gasteiger partial charge in [-0.05, 0) is 31.5 Å². The van der Waals surface area contributed by atoms with Gasteiger partial charge in [-0.25, -0.2) is 4.79 Å². The third-order valence-electron chi connectivity index (χ3n) is 2.79. The maximum atomic E-state index is 11.8. The van der Waals surface area contributed by atoms with Crippen LogP contribution in [0, 0.1) is 0 Å². The van der Waals surface area contributed by atoms with Crippen molar-refractivity contribution < 1.29 is 14.7 Å². The Morgan fingerprint density at radius 2 is 2.12 bits per heavy atom. The van der Waals surface area contributed by atoms with E-state index in [9.17, 15) is 9.59 Å². The van der Waals surface area contributed by atoms with Crippen LogP contribution in [0.15, 0.2) is 24.3 Å². The number of aromatic carboxylic acids is 1. The smallest absolute Gasteiger partial charge is 0.337 e. The largest absolute Gasteiger partial charge is 0.478 e. The van der Waals surface area contributed by atoms with Crippen LogP contribution in [0.25, 0.3) is 0 Å². The average Bonchev–Trinajstić information content (AvgIpc) is 2.83. The van der Waals surface area contributed by atoms with E-state index in [1.807, 2.05) is 0 Å². The van der Waals surface area contributed by atoms with Crippen molar-refractivity contribution in [1.29, 1.82) is 0 Å². The highest BCUT2D eigenvalue weighted by atomic mass is 16.4. The third kappa shape index (κ3) is 2.62. The maximum Gasteiger partial charge on any atom is 0.337 e. The van der Waals surface area contributed by atoms with Crippen LogP contribution < -0.4 is 10.6 Å². The quantitative estimate of drug-likeness (QED) is 0.731. The Kier molecular flexibility index (Phi) is 3.39. The Morgan fingerprint density at radius 3 is 2.76 bits per heavy atom. The Labute approximate surface area is 98.8 Å². The molecule has 2 rings (SSSR count). The number of carboxylic acid groups (broad SMARTS) is 1. The standard InChI is InChI=1S/C12H14N2O3/c15-11(10-6-3-7-13-10)14-9-5-2-1-4-8(9)12(16)17/h1-2,4-5,10,13H,3,6-7H2,(H,14,15)(H,16,17)/t10-/m0/s1. The lowest BCUT2D eigenvalue weighted by atomic mass is 10.1. The molecule has 0 unspecified atom stereocenters. The number of anilines is 1. The van der Waals surface area contributed by atoms with Gasteiger partial charge in [0.15, 0.2) is 0 Å². The normalized spacial score (nSPS) is 18.9. The molecule has 0 aromatic heterocycles. The second kappa shape index (κ2) is 4.97. The van der Waals surface area contributed by atoms with Crippen LogP contribution in [0.5, 0.6) is 0 Å². The van der Waals surface area contributed by atoms with E-state index < -0.39 is 5.97 Å². The molecule has 1 aromatic carbocycles. The molecule has 0 bridgehead atoms. The Bertz CT molecular complexity index is 439. The van der Waals surface area contributed by atoms with Gasteiger partial charge in [0.2, 0.25) is 5.91 Å². The van der Waals surface area contributed by atoms with E-state index in [-0.39, 0.29) is 17.5 Å². The second-order valence-electron chi connectivity index (χ2n) is 3.99. The van der Waals surface area contributed by atoms with Gasteiger partial charge in [0.25, 0.3) is 0 Å². The molecule has 1 aliphatic rings. The first-order valence-electron chi connectivity index (χ1n) is 5.55. The van der Waals surface area contributed by atoms with E-state index in [1.54, 1.807) is 18.2 Å². The number of benzene rings is 1. The molecule has 0 saturated carbocycles. The monoisotopic (exact) mass is 234 g/mol. The van der Waals surface area contributed by atoms with Crippen molar-refractivity contribution in [3.05, 3.63) is 29.8 Å². The fraction of sp³-hybridized carbons (Fsp3) is 0.333. The van der Waals surface area contributed by atoms with Gasteiger partial charge in [0, 0.05) is 0 Å². The number of rotatable bonds is 3. The van der Waals surface area contributed by atoms with Gasteiger partial charge < -0.3 is 15.7 Å². The highest BCUT2D eigenvalue weighted by Crippen LogP contribution is 2.16. The molecule has 1 amide bonds. The van der Waals surface area contributed by atoms with Crippen molar-refractivity contribution in [2.75, 3.05) is 11.9 Å². The highest BCUT2D eigenvalue weighted by Gasteiger charge is 2.23. The van der Waals surface area contributed by atoms with Crippen molar-refractivity contribution in [3.63, 3.8) is 0 Å². The summed E-state index contributed by atoms with van der Waals surface area (Å²) in [5.74, 6) is -1.21. The predicted molar refractivity (Wildman–Crippen MR) is 63.1 cm³/mol. The Morgan fingerprint density at radius 1 is 1.35 bits per heavy atom. The van der Waals surface area contributed by atoms with E-state index >= 15 is 0 Å². The molecule has 90 valence electrons. The first-order chi connectivity index (χ1) is 8.18. The maximum absolute atomic E-state index is 11.8. The van der Waals surface area contributed by atoms with Crippen molar-refractivity contribution >= 4 is 17.6 Å². The molecular formula is C12H14N2O3. The zero-order valence-electron chi connectivity index (χ0n) is 9.27. The summed E-state index contributed by atoms with van der Waals surface area (Å²) in [6.45, 7) is 0.832. The number of nitrogens with one attached hydrogen (secondary N) is 2. The van der Waals surface area contributed by atoms with Crippen molar-refractivity contribution in [1.82, 2.24) is 5.32 Å². The van der Waals surface area contributed by atoms with Crippen molar-refractivity contribution in [3.8, 4) is 0 Å². The van der Waals surface area contributed by atoms with Gasteiger partial charge in [-0.15, -0.1) is 0 Å². The summed E-state index contributed by atoms with van der Waals surface area (Å²) in [6.07, 6.45) is 1.76. The minimum absolute atomic E-state index is 0.110. The fourth-order valence-electron chi connectivity index (χ4n) is 1.91. The number of hydrogen-bond acceptors (Lipinski definition) is 3. The van der Waals surface area contributed by atoms with E-state index in [1.165, 1.54) is 6.07 Å². The lowest BCUT2D eigenvalue weighted by molar-refractivity contribution is -0.117. The lowest BCUT2D eigenvalue weighted by Gasteiger charge is -2.12. The minimum atomic E-state index is -1.04. The van der Waals surface area contributed by atoms with Crippen LogP contribution in [0.1, 0.15) is 23.2 Å². The summed E-state index contributed by atoms with van der Waals surface area (Å²) in [5.41, 5.74) is 0.456. The molecule has 3 N–H and O–H groups in total. The first kappa shape index (κ1) is 11.6. The molecular weight excluding hydrogens is 220 g/mol. The fourth-order valence-corrected chi connectivity index (χ4v) is 1.91. The second-order valence-corrected chi connectivity index (χ2v) is 3.99. The first-order valence-corrected chi connectivity index (χ1v) is 5.55. The van der Waals surface area contributed by atoms with Crippen LogP contribution >= 0.6 is 0 Å². The van der Waals surface area contributed by atoms with Gasteiger partial charge in [0.1, 0.15) is 0 Å².